The quantitative estimate of drug-likeness (QED) is 0.490. The van der Waals surface area contributed by atoms with Crippen molar-refractivity contribution in [2.75, 3.05) is 0 Å². The van der Waals surface area contributed by atoms with Crippen molar-refractivity contribution < 1.29 is 0 Å². The molecule has 0 radical (unpaired) electrons. The van der Waals surface area contributed by atoms with E-state index in [-0.39, 0.29) is 0 Å². The Morgan fingerprint density at radius 3 is 2.62 bits per heavy atom. The van der Waals surface area contributed by atoms with Crippen molar-refractivity contribution in [1.82, 2.24) is 0 Å². The minimum atomic E-state index is 1.20. The van der Waals surface area contributed by atoms with Gasteiger partial charge in [-0.05, 0) is 13.3 Å². The zero-order valence-electron chi connectivity index (χ0n) is 5.78. The molecule has 0 aromatic carbocycles. The molecule has 0 aliphatic heterocycles. The first-order valence-electron chi connectivity index (χ1n) is 3.09. The zero-order chi connectivity index (χ0) is 6.41. The van der Waals surface area contributed by atoms with E-state index in [9.17, 15) is 0 Å². The standard InChI is InChI=1S/C8H14/c1-4-6-8(3)7-5-2/h4,6H,1,5,7H2,2-3H3/b8-6-. The normalized spacial score (nSPS) is 11.5. The van der Waals surface area contributed by atoms with Crippen molar-refractivity contribution in [2.24, 2.45) is 0 Å². The maximum atomic E-state index is 3.61. The zero-order valence-corrected chi connectivity index (χ0v) is 5.78. The van der Waals surface area contributed by atoms with Crippen LogP contribution in [0.1, 0.15) is 26.7 Å². The number of rotatable bonds is 3. The molecule has 0 spiro atoms. The molecule has 0 aliphatic rings. The molecule has 0 unspecified atom stereocenters. The van der Waals surface area contributed by atoms with Crippen LogP contribution in [0.3, 0.4) is 0 Å². The predicted molar refractivity (Wildman–Crippen MR) is 38.9 cm³/mol. The van der Waals surface area contributed by atoms with E-state index in [1.54, 1.807) is 0 Å². The van der Waals surface area contributed by atoms with E-state index in [2.05, 4.69) is 26.5 Å². The molecule has 0 atom stereocenters. The third kappa shape index (κ3) is 3.66. The first-order chi connectivity index (χ1) is 3.81. The Morgan fingerprint density at radius 2 is 2.25 bits per heavy atom. The van der Waals surface area contributed by atoms with Crippen LogP contribution in [0.2, 0.25) is 0 Å². The summed E-state index contributed by atoms with van der Waals surface area (Å²) in [6, 6.07) is 0. The maximum absolute atomic E-state index is 3.61. The second-order valence-corrected chi connectivity index (χ2v) is 2.00. The van der Waals surface area contributed by atoms with Crippen molar-refractivity contribution in [1.29, 1.82) is 0 Å². The van der Waals surface area contributed by atoms with E-state index < -0.39 is 0 Å². The minimum Gasteiger partial charge on any atom is -0.0991 e. The lowest BCUT2D eigenvalue weighted by atomic mass is 10.2. The van der Waals surface area contributed by atoms with E-state index in [4.69, 9.17) is 0 Å². The van der Waals surface area contributed by atoms with Crippen LogP contribution >= 0.6 is 0 Å². The molecule has 0 saturated heterocycles. The molecule has 0 aromatic rings. The third-order valence-corrected chi connectivity index (χ3v) is 1.05. The molecule has 0 aromatic heterocycles. The Bertz CT molecular complexity index is 88.2. The van der Waals surface area contributed by atoms with Gasteiger partial charge in [0.25, 0.3) is 0 Å². The van der Waals surface area contributed by atoms with Gasteiger partial charge in [0, 0.05) is 0 Å². The molecule has 0 saturated carbocycles. The van der Waals surface area contributed by atoms with Crippen molar-refractivity contribution in [3.8, 4) is 0 Å². The fraction of sp³-hybridized carbons (Fsp3) is 0.500. The second kappa shape index (κ2) is 4.63. The fourth-order valence-corrected chi connectivity index (χ4v) is 0.679. The lowest BCUT2D eigenvalue weighted by Gasteiger charge is -1.91. The minimum absolute atomic E-state index is 1.20. The summed E-state index contributed by atoms with van der Waals surface area (Å²) in [5, 5.41) is 0. The van der Waals surface area contributed by atoms with Gasteiger partial charge in [-0.1, -0.05) is 37.6 Å². The summed E-state index contributed by atoms with van der Waals surface area (Å²) in [6.45, 7) is 7.92. The van der Waals surface area contributed by atoms with Gasteiger partial charge in [0.2, 0.25) is 0 Å². The van der Waals surface area contributed by atoms with Gasteiger partial charge < -0.3 is 0 Å². The Morgan fingerprint density at radius 1 is 1.62 bits per heavy atom. The van der Waals surface area contributed by atoms with Crippen molar-refractivity contribution in [3.63, 3.8) is 0 Å². The summed E-state index contributed by atoms with van der Waals surface area (Å²) in [4.78, 5) is 0. The fourth-order valence-electron chi connectivity index (χ4n) is 0.679. The Kier molecular flexibility index (Phi) is 4.33. The summed E-state index contributed by atoms with van der Waals surface area (Å²) in [7, 11) is 0. The van der Waals surface area contributed by atoms with Crippen LogP contribution < -0.4 is 0 Å². The second-order valence-electron chi connectivity index (χ2n) is 2.00. The molecule has 0 rings (SSSR count). The highest BCUT2D eigenvalue weighted by Gasteiger charge is 1.80. The van der Waals surface area contributed by atoms with Crippen LogP contribution in [0.5, 0.6) is 0 Å². The van der Waals surface area contributed by atoms with Gasteiger partial charge in [0.15, 0.2) is 0 Å². The molecule has 0 bridgehead atoms. The Labute approximate surface area is 51.9 Å². The first kappa shape index (κ1) is 7.48. The van der Waals surface area contributed by atoms with E-state index in [0.717, 1.165) is 0 Å². The average Bonchev–Trinajstić information content (AvgIpc) is 1.68. The number of allylic oxidation sites excluding steroid dienone is 3. The van der Waals surface area contributed by atoms with Gasteiger partial charge in [-0.25, -0.2) is 0 Å². The van der Waals surface area contributed by atoms with Crippen molar-refractivity contribution in [2.45, 2.75) is 26.7 Å². The van der Waals surface area contributed by atoms with Crippen LogP contribution in [0.4, 0.5) is 0 Å². The van der Waals surface area contributed by atoms with Gasteiger partial charge in [-0.3, -0.25) is 0 Å². The Balaban J connectivity index is 3.44. The topological polar surface area (TPSA) is 0 Å². The highest BCUT2D eigenvalue weighted by atomic mass is 13.9. The number of hydrogen-bond donors (Lipinski definition) is 0. The van der Waals surface area contributed by atoms with Crippen LogP contribution in [0, 0.1) is 0 Å². The van der Waals surface area contributed by atoms with E-state index in [1.807, 2.05) is 6.08 Å². The number of hydrogen-bond acceptors (Lipinski definition) is 0. The molecule has 0 fully saturated rings. The highest BCUT2D eigenvalue weighted by Crippen LogP contribution is 2.01. The summed E-state index contributed by atoms with van der Waals surface area (Å²) in [6.07, 6.45) is 6.33. The monoisotopic (exact) mass is 110 g/mol. The van der Waals surface area contributed by atoms with Gasteiger partial charge in [-0.2, -0.15) is 0 Å². The largest absolute Gasteiger partial charge is 0.0991 e. The molecule has 0 N–H and O–H groups in total. The van der Waals surface area contributed by atoms with Crippen LogP contribution in [-0.4, -0.2) is 0 Å². The van der Waals surface area contributed by atoms with Gasteiger partial charge in [0.05, 0.1) is 0 Å². The van der Waals surface area contributed by atoms with Crippen LogP contribution in [0.15, 0.2) is 24.3 Å². The third-order valence-electron chi connectivity index (χ3n) is 1.05. The smallest absolute Gasteiger partial charge is 0.0323 e. The summed E-state index contributed by atoms with van der Waals surface area (Å²) < 4.78 is 0. The molecular weight excluding hydrogens is 96.1 g/mol. The molecule has 0 aliphatic carbocycles. The first-order valence-corrected chi connectivity index (χ1v) is 3.09. The van der Waals surface area contributed by atoms with Crippen molar-refractivity contribution >= 4 is 0 Å². The summed E-state index contributed by atoms with van der Waals surface area (Å²) in [5.41, 5.74) is 1.42. The molecule has 0 heterocycles. The predicted octanol–water partition coefficient (Wildman–Crippen LogP) is 2.92. The molecule has 8 heavy (non-hydrogen) atoms. The van der Waals surface area contributed by atoms with Crippen LogP contribution in [0.25, 0.3) is 0 Å². The molecule has 0 nitrogen and oxygen atoms in total. The highest BCUT2D eigenvalue weighted by molar-refractivity contribution is 5.07. The van der Waals surface area contributed by atoms with Crippen molar-refractivity contribution in [3.05, 3.63) is 24.3 Å². The van der Waals surface area contributed by atoms with E-state index >= 15 is 0 Å². The Hall–Kier alpha value is -0.520. The maximum Gasteiger partial charge on any atom is -0.0323 e. The average molecular weight is 110 g/mol. The van der Waals surface area contributed by atoms with E-state index in [1.165, 1.54) is 18.4 Å². The lowest BCUT2D eigenvalue weighted by molar-refractivity contribution is 0.906. The SMILES string of the molecule is C=C/C=C(/C)CCC. The summed E-state index contributed by atoms with van der Waals surface area (Å²) in [5.74, 6) is 0. The van der Waals surface area contributed by atoms with Gasteiger partial charge in [0.1, 0.15) is 0 Å². The van der Waals surface area contributed by atoms with Gasteiger partial charge >= 0.3 is 0 Å². The van der Waals surface area contributed by atoms with E-state index in [0.29, 0.717) is 0 Å². The molecule has 0 heteroatoms. The summed E-state index contributed by atoms with van der Waals surface area (Å²) >= 11 is 0. The molecular formula is C8H14. The molecule has 46 valence electrons. The molecule has 0 amide bonds. The van der Waals surface area contributed by atoms with Gasteiger partial charge in [-0.15, -0.1) is 0 Å². The van der Waals surface area contributed by atoms with Crippen LogP contribution in [-0.2, 0) is 0 Å². The lowest BCUT2D eigenvalue weighted by Crippen LogP contribution is -1.71.